The average molecular weight is 231 g/mol. The molecule has 0 N–H and O–H groups in total. The molecule has 1 aliphatic carbocycles. The zero-order chi connectivity index (χ0) is 11.1. The van der Waals surface area contributed by atoms with Crippen LogP contribution in [-0.2, 0) is 0 Å². The van der Waals surface area contributed by atoms with Crippen LogP contribution in [0.2, 0.25) is 0 Å². The van der Waals surface area contributed by atoms with Crippen LogP contribution in [0.5, 0.6) is 0 Å². The molecule has 2 aromatic heterocycles. The van der Waals surface area contributed by atoms with Crippen molar-refractivity contribution < 1.29 is 0 Å². The summed E-state index contributed by atoms with van der Waals surface area (Å²) in [6.07, 6.45) is 2.23. The van der Waals surface area contributed by atoms with Gasteiger partial charge in [0, 0.05) is 11.3 Å². The van der Waals surface area contributed by atoms with E-state index in [9.17, 15) is 0 Å². The maximum Gasteiger partial charge on any atom is 0.212 e. The number of nitrogens with zero attached hydrogens (tertiary/aromatic N) is 5. The van der Waals surface area contributed by atoms with Crippen molar-refractivity contribution in [2.75, 3.05) is 0 Å². The fraction of sp³-hybridized carbons (Fsp3) is 0.400. The number of nitriles is 1. The zero-order valence-corrected chi connectivity index (χ0v) is 9.53. The number of hydrogen-bond donors (Lipinski definition) is 0. The highest BCUT2D eigenvalue weighted by atomic mass is 32.1. The molecule has 2 aromatic rings. The van der Waals surface area contributed by atoms with Crippen molar-refractivity contribution >= 4 is 11.3 Å². The third-order valence-electron chi connectivity index (χ3n) is 2.56. The van der Waals surface area contributed by atoms with Gasteiger partial charge in [0.15, 0.2) is 5.69 Å². The first-order valence-corrected chi connectivity index (χ1v) is 5.95. The van der Waals surface area contributed by atoms with Crippen molar-refractivity contribution in [2.24, 2.45) is 0 Å². The number of thiazole rings is 1. The van der Waals surface area contributed by atoms with Crippen LogP contribution in [0.4, 0.5) is 0 Å². The summed E-state index contributed by atoms with van der Waals surface area (Å²) < 4.78 is 1.72. The summed E-state index contributed by atoms with van der Waals surface area (Å²) in [5.74, 6) is 0.439. The number of aromatic nitrogens is 4. The third-order valence-corrected chi connectivity index (χ3v) is 3.50. The van der Waals surface area contributed by atoms with E-state index in [0.29, 0.717) is 11.6 Å². The van der Waals surface area contributed by atoms with E-state index in [1.165, 1.54) is 11.3 Å². The van der Waals surface area contributed by atoms with Gasteiger partial charge in [0.1, 0.15) is 6.07 Å². The first kappa shape index (κ1) is 9.48. The van der Waals surface area contributed by atoms with Crippen molar-refractivity contribution in [1.29, 1.82) is 5.26 Å². The van der Waals surface area contributed by atoms with Crippen LogP contribution in [0.3, 0.4) is 0 Å². The SMILES string of the molecule is Cc1csc(-n2nnc(C#N)c2C2CC2)n1. The van der Waals surface area contributed by atoms with Crippen LogP contribution >= 0.6 is 11.3 Å². The van der Waals surface area contributed by atoms with Gasteiger partial charge in [-0.2, -0.15) is 9.94 Å². The van der Waals surface area contributed by atoms with Gasteiger partial charge in [-0.3, -0.25) is 0 Å². The lowest BCUT2D eigenvalue weighted by Gasteiger charge is -1.99. The normalized spacial score (nSPS) is 15.0. The van der Waals surface area contributed by atoms with E-state index in [1.807, 2.05) is 12.3 Å². The Morgan fingerprint density at radius 2 is 2.38 bits per heavy atom. The minimum absolute atomic E-state index is 0.439. The van der Waals surface area contributed by atoms with Gasteiger partial charge in [-0.25, -0.2) is 4.98 Å². The van der Waals surface area contributed by atoms with Crippen molar-refractivity contribution in [3.8, 4) is 11.2 Å². The summed E-state index contributed by atoms with van der Waals surface area (Å²) in [6.45, 7) is 1.94. The maximum atomic E-state index is 8.98. The molecule has 6 heteroatoms. The Kier molecular flexibility index (Phi) is 2.01. The number of rotatable bonds is 2. The largest absolute Gasteiger partial charge is 0.224 e. The summed E-state index contributed by atoms with van der Waals surface area (Å²) in [5, 5.41) is 19.7. The van der Waals surface area contributed by atoms with Crippen LogP contribution in [0.25, 0.3) is 5.13 Å². The molecule has 1 aliphatic rings. The van der Waals surface area contributed by atoms with Crippen LogP contribution < -0.4 is 0 Å². The van der Waals surface area contributed by atoms with Crippen LogP contribution in [0.1, 0.15) is 35.8 Å². The van der Waals surface area contributed by atoms with Crippen molar-refractivity contribution in [3.63, 3.8) is 0 Å². The molecule has 0 unspecified atom stereocenters. The third kappa shape index (κ3) is 1.41. The van der Waals surface area contributed by atoms with Gasteiger partial charge in [0.2, 0.25) is 5.13 Å². The molecule has 1 fully saturated rings. The van der Waals surface area contributed by atoms with E-state index in [-0.39, 0.29) is 0 Å². The predicted molar refractivity (Wildman–Crippen MR) is 58.5 cm³/mol. The summed E-state index contributed by atoms with van der Waals surface area (Å²) >= 11 is 1.53. The highest BCUT2D eigenvalue weighted by Crippen LogP contribution is 2.41. The lowest BCUT2D eigenvalue weighted by atomic mass is 10.2. The Bertz CT molecular complexity index is 572. The lowest BCUT2D eigenvalue weighted by molar-refractivity contribution is 0.756. The van der Waals surface area contributed by atoms with Gasteiger partial charge in [-0.1, -0.05) is 5.21 Å². The summed E-state index contributed by atoms with van der Waals surface area (Å²) in [6, 6.07) is 2.10. The Morgan fingerprint density at radius 1 is 1.56 bits per heavy atom. The topological polar surface area (TPSA) is 67.4 Å². The summed E-state index contributed by atoms with van der Waals surface area (Å²) in [5.41, 5.74) is 2.34. The Labute approximate surface area is 96.4 Å². The summed E-state index contributed by atoms with van der Waals surface area (Å²) in [7, 11) is 0. The van der Waals surface area contributed by atoms with E-state index in [2.05, 4.69) is 21.4 Å². The monoisotopic (exact) mass is 231 g/mol. The van der Waals surface area contributed by atoms with Gasteiger partial charge in [-0.05, 0) is 19.8 Å². The van der Waals surface area contributed by atoms with Gasteiger partial charge < -0.3 is 0 Å². The first-order chi connectivity index (χ1) is 7.79. The van der Waals surface area contributed by atoms with E-state index in [0.717, 1.165) is 29.4 Å². The van der Waals surface area contributed by atoms with Gasteiger partial charge in [0.05, 0.1) is 11.4 Å². The Morgan fingerprint density at radius 3 is 2.94 bits per heavy atom. The highest BCUT2D eigenvalue weighted by molar-refractivity contribution is 7.12. The molecular weight excluding hydrogens is 222 g/mol. The van der Waals surface area contributed by atoms with E-state index >= 15 is 0 Å². The van der Waals surface area contributed by atoms with Gasteiger partial charge in [-0.15, -0.1) is 16.4 Å². The molecule has 0 aromatic carbocycles. The molecule has 1 saturated carbocycles. The van der Waals surface area contributed by atoms with Crippen molar-refractivity contribution in [2.45, 2.75) is 25.7 Å². The van der Waals surface area contributed by atoms with Crippen LogP contribution in [0, 0.1) is 18.3 Å². The molecule has 0 radical (unpaired) electrons. The smallest absolute Gasteiger partial charge is 0.212 e. The molecular formula is C10H9N5S. The zero-order valence-electron chi connectivity index (χ0n) is 8.71. The molecule has 0 atom stereocenters. The molecule has 0 spiro atoms. The first-order valence-electron chi connectivity index (χ1n) is 5.08. The maximum absolute atomic E-state index is 8.98. The van der Waals surface area contributed by atoms with E-state index < -0.39 is 0 Å². The van der Waals surface area contributed by atoms with Crippen LogP contribution in [-0.4, -0.2) is 20.0 Å². The Balaban J connectivity index is 2.14. The minimum Gasteiger partial charge on any atom is -0.224 e. The standard InChI is InChI=1S/C10H9N5S/c1-6-5-16-10(12-6)15-9(7-2-3-7)8(4-11)13-14-15/h5,7H,2-3H2,1H3. The molecule has 80 valence electrons. The summed E-state index contributed by atoms with van der Waals surface area (Å²) in [4.78, 5) is 4.37. The Hall–Kier alpha value is -1.74. The molecule has 2 heterocycles. The van der Waals surface area contributed by atoms with E-state index in [4.69, 9.17) is 5.26 Å². The number of hydrogen-bond acceptors (Lipinski definition) is 5. The van der Waals surface area contributed by atoms with Crippen molar-refractivity contribution in [1.82, 2.24) is 20.0 Å². The molecule has 3 rings (SSSR count). The predicted octanol–water partition coefficient (Wildman–Crippen LogP) is 1.78. The molecule has 0 saturated heterocycles. The quantitative estimate of drug-likeness (QED) is 0.790. The fourth-order valence-electron chi connectivity index (χ4n) is 1.67. The van der Waals surface area contributed by atoms with Crippen LogP contribution in [0.15, 0.2) is 5.38 Å². The second-order valence-electron chi connectivity index (χ2n) is 3.89. The minimum atomic E-state index is 0.439. The van der Waals surface area contributed by atoms with Crippen molar-refractivity contribution in [3.05, 3.63) is 22.5 Å². The molecule has 0 bridgehead atoms. The van der Waals surface area contributed by atoms with Gasteiger partial charge in [0.25, 0.3) is 0 Å². The van der Waals surface area contributed by atoms with E-state index in [1.54, 1.807) is 4.68 Å². The number of aryl methyl sites for hydroxylation is 1. The fourth-order valence-corrected chi connectivity index (χ4v) is 2.43. The second-order valence-corrected chi connectivity index (χ2v) is 4.73. The second kappa shape index (κ2) is 3.39. The lowest BCUT2D eigenvalue weighted by Crippen LogP contribution is -2.01. The average Bonchev–Trinajstić information content (AvgIpc) is 2.88. The molecule has 0 amide bonds. The molecule has 0 aliphatic heterocycles. The molecule has 16 heavy (non-hydrogen) atoms. The molecule has 5 nitrogen and oxygen atoms in total. The van der Waals surface area contributed by atoms with Gasteiger partial charge >= 0.3 is 0 Å². The highest BCUT2D eigenvalue weighted by Gasteiger charge is 2.32.